The van der Waals surface area contributed by atoms with E-state index in [2.05, 4.69) is 44.8 Å². The van der Waals surface area contributed by atoms with Gasteiger partial charge < -0.3 is 20.8 Å². The molecule has 0 spiro atoms. The zero-order valence-electron chi connectivity index (χ0n) is 17.7. The largest absolute Gasteiger partial charge is 0.480 e. The fraction of sp³-hybridized carbons (Fsp3) is 0.684. The van der Waals surface area contributed by atoms with Crippen LogP contribution in [0.1, 0.15) is 52.0 Å². The highest BCUT2D eigenvalue weighted by atomic mass is 32.2. The lowest BCUT2D eigenvalue weighted by molar-refractivity contribution is -0.138. The van der Waals surface area contributed by atoms with Gasteiger partial charge in [-0.1, -0.05) is 37.2 Å². The summed E-state index contributed by atoms with van der Waals surface area (Å²) in [5.74, 6) is -0.505. The van der Waals surface area contributed by atoms with Crippen molar-refractivity contribution in [3.63, 3.8) is 0 Å². The maximum absolute atomic E-state index is 12.3. The fourth-order valence-electron chi connectivity index (χ4n) is 3.58. The van der Waals surface area contributed by atoms with Crippen molar-refractivity contribution in [2.45, 2.75) is 63.3 Å². The first-order valence-corrected chi connectivity index (χ1v) is 11.6. The van der Waals surface area contributed by atoms with Crippen molar-refractivity contribution < 1.29 is 19.8 Å². The van der Waals surface area contributed by atoms with Gasteiger partial charge in [0.2, 0.25) is 5.91 Å². The monoisotopic (exact) mass is 451 g/mol. The summed E-state index contributed by atoms with van der Waals surface area (Å²) in [5, 5.41) is 34.2. The number of carboxylic acid groups (broad SMARTS) is 1. The van der Waals surface area contributed by atoms with Crippen molar-refractivity contribution in [3.8, 4) is 0 Å². The number of anilines is 1. The summed E-state index contributed by atoms with van der Waals surface area (Å²) in [6.07, 6.45) is 2.75. The van der Waals surface area contributed by atoms with Crippen LogP contribution in [0.25, 0.3) is 11.2 Å². The van der Waals surface area contributed by atoms with Crippen LogP contribution < -0.4 is 10.6 Å². The molecule has 1 aliphatic rings. The van der Waals surface area contributed by atoms with Crippen LogP contribution in [-0.4, -0.2) is 72.0 Å². The van der Waals surface area contributed by atoms with Crippen LogP contribution in [-0.2, 0) is 9.59 Å². The number of hydrogen-bond donors (Lipinski definition) is 4. The smallest absolute Gasteiger partial charge is 0.322 e. The molecule has 0 unspecified atom stereocenters. The van der Waals surface area contributed by atoms with E-state index in [0.29, 0.717) is 28.6 Å². The van der Waals surface area contributed by atoms with Gasteiger partial charge in [-0.15, -0.1) is 5.10 Å². The number of nitrogens with one attached hydrogen (secondary N) is 2. The molecule has 1 saturated carbocycles. The second kappa shape index (κ2) is 10.7. The molecule has 3 rings (SSSR count). The second-order valence-corrected chi connectivity index (χ2v) is 8.67. The maximum Gasteiger partial charge on any atom is 0.322 e. The van der Waals surface area contributed by atoms with Gasteiger partial charge in [0, 0.05) is 18.2 Å². The minimum Gasteiger partial charge on any atom is -0.480 e. The summed E-state index contributed by atoms with van der Waals surface area (Å²) in [7, 11) is 0. The van der Waals surface area contributed by atoms with Crippen LogP contribution in [0.4, 0.5) is 5.82 Å². The van der Waals surface area contributed by atoms with Gasteiger partial charge in [0.15, 0.2) is 22.1 Å². The Hall–Kier alpha value is -2.47. The van der Waals surface area contributed by atoms with Crippen molar-refractivity contribution >= 4 is 40.6 Å². The van der Waals surface area contributed by atoms with Gasteiger partial charge in [-0.05, 0) is 25.7 Å². The standard InChI is InChI=1S/C19H29N7O4S/c1-3-5-6-20-16-15-17(23-19(22-16)31-7-4-2)26(25-24-15)12-8-11(9-13(12)27)18(30)21-10-14(28)29/h11-13,27H,3-10H2,1-2H3,(H,21,30)(H,28,29)(H,20,22,23)/t11-,12+,13-/m0/s1. The van der Waals surface area contributed by atoms with Gasteiger partial charge in [-0.25, -0.2) is 14.6 Å². The van der Waals surface area contributed by atoms with Crippen LogP contribution in [0, 0.1) is 5.92 Å². The number of carbonyl (C=O) groups excluding carboxylic acids is 1. The summed E-state index contributed by atoms with van der Waals surface area (Å²) in [6.45, 7) is 4.51. The number of nitrogens with zero attached hydrogens (tertiary/aromatic N) is 5. The molecule has 3 atom stereocenters. The predicted molar refractivity (Wildman–Crippen MR) is 116 cm³/mol. The highest BCUT2D eigenvalue weighted by molar-refractivity contribution is 7.99. The number of carboxylic acids is 1. The van der Waals surface area contributed by atoms with Gasteiger partial charge >= 0.3 is 5.97 Å². The molecule has 11 nitrogen and oxygen atoms in total. The van der Waals surface area contributed by atoms with Crippen LogP contribution in [0.3, 0.4) is 0 Å². The van der Waals surface area contributed by atoms with Gasteiger partial charge in [-0.2, -0.15) is 0 Å². The first kappa shape index (κ1) is 23.2. The molecule has 0 aliphatic heterocycles. The fourth-order valence-corrected chi connectivity index (χ4v) is 4.27. The third-order valence-corrected chi connectivity index (χ3v) is 6.21. The van der Waals surface area contributed by atoms with Crippen LogP contribution >= 0.6 is 11.8 Å². The first-order chi connectivity index (χ1) is 14.9. The quantitative estimate of drug-likeness (QED) is 0.224. The number of carbonyl (C=O) groups is 2. The molecule has 2 heterocycles. The van der Waals surface area contributed by atoms with E-state index < -0.39 is 30.6 Å². The number of aliphatic hydroxyl groups excluding tert-OH is 1. The van der Waals surface area contributed by atoms with E-state index in [1.54, 1.807) is 16.4 Å². The molecule has 1 fully saturated rings. The SMILES string of the molecule is CCCCNc1nc(SCCC)nc2c1nnn2[C@@H]1C[C@H](C(=O)NCC(=O)O)C[C@@H]1O. The Morgan fingerprint density at radius 3 is 2.74 bits per heavy atom. The molecule has 2 aromatic rings. The molecule has 0 radical (unpaired) electrons. The van der Waals surface area contributed by atoms with E-state index in [9.17, 15) is 14.7 Å². The van der Waals surface area contributed by atoms with Gasteiger partial charge in [0.25, 0.3) is 0 Å². The highest BCUT2D eigenvalue weighted by Crippen LogP contribution is 2.36. The van der Waals surface area contributed by atoms with Crippen molar-refractivity contribution in [1.29, 1.82) is 0 Å². The van der Waals surface area contributed by atoms with Crippen molar-refractivity contribution in [1.82, 2.24) is 30.3 Å². The van der Waals surface area contributed by atoms with Crippen LogP contribution in [0.15, 0.2) is 5.16 Å². The predicted octanol–water partition coefficient (Wildman–Crippen LogP) is 1.45. The van der Waals surface area contributed by atoms with Gasteiger partial charge in [0.05, 0.1) is 12.1 Å². The third kappa shape index (κ3) is 5.62. The molecule has 0 aromatic carbocycles. The summed E-state index contributed by atoms with van der Waals surface area (Å²) >= 11 is 1.55. The summed E-state index contributed by atoms with van der Waals surface area (Å²) in [6, 6.07) is -0.479. The molecule has 12 heteroatoms. The molecule has 4 N–H and O–H groups in total. The molecule has 1 aliphatic carbocycles. The molecular formula is C19H29N7O4S. The second-order valence-electron chi connectivity index (χ2n) is 7.60. The molecule has 170 valence electrons. The van der Waals surface area contributed by atoms with Crippen molar-refractivity contribution in [3.05, 3.63) is 0 Å². The zero-order chi connectivity index (χ0) is 22.4. The van der Waals surface area contributed by atoms with Gasteiger partial charge in [-0.3, -0.25) is 9.59 Å². The molecule has 2 aromatic heterocycles. The molecule has 0 bridgehead atoms. The molecule has 1 amide bonds. The lowest BCUT2D eigenvalue weighted by atomic mass is 10.1. The number of unbranched alkanes of at least 4 members (excludes halogenated alkanes) is 1. The van der Waals surface area contributed by atoms with E-state index in [1.165, 1.54) is 0 Å². The number of amides is 1. The first-order valence-electron chi connectivity index (χ1n) is 10.6. The number of thioether (sulfide) groups is 1. The Balaban J connectivity index is 1.86. The van der Waals surface area contributed by atoms with E-state index in [1.807, 2.05) is 0 Å². The zero-order valence-corrected chi connectivity index (χ0v) is 18.6. The van der Waals surface area contributed by atoms with E-state index in [0.717, 1.165) is 31.6 Å². The topological polar surface area (TPSA) is 155 Å². The number of fused-ring (bicyclic) bond motifs is 1. The number of aromatic nitrogens is 5. The maximum atomic E-state index is 12.3. The summed E-state index contributed by atoms with van der Waals surface area (Å²) in [4.78, 5) is 32.2. The normalized spacial score (nSPS) is 20.8. The minimum atomic E-state index is -1.11. The average Bonchev–Trinajstić information content (AvgIpc) is 3.33. The molecule has 0 saturated heterocycles. The van der Waals surface area contributed by atoms with Gasteiger partial charge in [0.1, 0.15) is 6.54 Å². The number of rotatable bonds is 11. The number of hydrogen-bond acceptors (Lipinski definition) is 9. The summed E-state index contributed by atoms with van der Waals surface area (Å²) in [5.41, 5.74) is 1.05. The van der Waals surface area contributed by atoms with Crippen LogP contribution in [0.2, 0.25) is 0 Å². The van der Waals surface area contributed by atoms with E-state index in [4.69, 9.17) is 5.11 Å². The van der Waals surface area contributed by atoms with Crippen molar-refractivity contribution in [2.75, 3.05) is 24.2 Å². The Morgan fingerprint density at radius 1 is 1.23 bits per heavy atom. The van der Waals surface area contributed by atoms with Crippen LogP contribution in [0.5, 0.6) is 0 Å². The Labute approximate surface area is 184 Å². The molecular weight excluding hydrogens is 422 g/mol. The van der Waals surface area contributed by atoms with Crippen molar-refractivity contribution in [2.24, 2.45) is 5.92 Å². The number of aliphatic carboxylic acids is 1. The summed E-state index contributed by atoms with van der Waals surface area (Å²) < 4.78 is 1.58. The Bertz CT molecular complexity index is 922. The lowest BCUT2D eigenvalue weighted by Gasteiger charge is -2.15. The lowest BCUT2D eigenvalue weighted by Crippen LogP contribution is -2.33. The Morgan fingerprint density at radius 2 is 2.03 bits per heavy atom. The highest BCUT2D eigenvalue weighted by Gasteiger charge is 2.39. The molecule has 31 heavy (non-hydrogen) atoms. The minimum absolute atomic E-state index is 0.224. The Kier molecular flexibility index (Phi) is 8.02. The third-order valence-electron chi connectivity index (χ3n) is 5.16. The number of aliphatic hydroxyl groups is 1. The van der Waals surface area contributed by atoms with E-state index in [-0.39, 0.29) is 12.3 Å². The average molecular weight is 452 g/mol. The van der Waals surface area contributed by atoms with E-state index >= 15 is 0 Å².